The molecule has 0 spiro atoms. The van der Waals surface area contributed by atoms with Crippen molar-refractivity contribution in [3.8, 4) is 11.5 Å². The zero-order valence-corrected chi connectivity index (χ0v) is 28.0. The van der Waals surface area contributed by atoms with E-state index in [4.69, 9.17) is 25.8 Å². The van der Waals surface area contributed by atoms with Crippen LogP contribution in [0.4, 0.5) is 11.4 Å². The SMILES string of the molecule is COCC[N+]1=C(/C=C/C2=C(Cl)C(=C/C=C3/Nc4c(C)cc(OC)cc4C3(C)C)/CCC2)C(C)(C)c2cc(OC)cc(C)c21. The zero-order valence-electron chi connectivity index (χ0n) is 27.2. The summed E-state index contributed by atoms with van der Waals surface area (Å²) in [7, 11) is 5.21. The quantitative estimate of drug-likeness (QED) is 0.307. The van der Waals surface area contributed by atoms with Crippen LogP contribution in [-0.2, 0) is 15.6 Å². The molecule has 0 saturated carbocycles. The van der Waals surface area contributed by atoms with Gasteiger partial charge in [-0.2, -0.15) is 4.58 Å². The Labute approximate surface area is 262 Å². The third kappa shape index (κ3) is 5.58. The van der Waals surface area contributed by atoms with Gasteiger partial charge in [0.1, 0.15) is 18.1 Å². The van der Waals surface area contributed by atoms with Crippen LogP contribution in [0.2, 0.25) is 0 Å². The molecule has 2 aliphatic heterocycles. The number of halogens is 1. The van der Waals surface area contributed by atoms with E-state index in [9.17, 15) is 0 Å². The van der Waals surface area contributed by atoms with Crippen LogP contribution in [0.3, 0.4) is 0 Å². The van der Waals surface area contributed by atoms with Crippen LogP contribution < -0.4 is 14.8 Å². The number of anilines is 1. The summed E-state index contributed by atoms with van der Waals surface area (Å²) in [4.78, 5) is 0. The third-order valence-electron chi connectivity index (χ3n) is 9.40. The van der Waals surface area contributed by atoms with Crippen molar-refractivity contribution in [2.24, 2.45) is 0 Å². The molecule has 2 aromatic carbocycles. The van der Waals surface area contributed by atoms with Crippen molar-refractivity contribution in [3.63, 3.8) is 0 Å². The number of ether oxygens (including phenoxy) is 3. The first-order valence-electron chi connectivity index (χ1n) is 15.2. The number of nitrogens with one attached hydrogen (secondary N) is 1. The highest BCUT2D eigenvalue weighted by Crippen LogP contribution is 2.47. The summed E-state index contributed by atoms with van der Waals surface area (Å²) in [5.41, 5.74) is 11.8. The van der Waals surface area contributed by atoms with Gasteiger partial charge in [0, 0.05) is 46.1 Å². The van der Waals surface area contributed by atoms with Crippen molar-refractivity contribution in [1.82, 2.24) is 0 Å². The number of allylic oxidation sites excluding steroid dienone is 8. The van der Waals surface area contributed by atoms with E-state index >= 15 is 0 Å². The standard InChI is InChI=1S/C37H45ClN2O3/c1-23-19-27(42-8)21-29-34(23)39-31(36(29,3)4)15-13-25-11-10-12-26(33(25)38)14-16-32-37(5,6)30-22-28(43-9)20-24(2)35(30)40(32)17-18-41-7/h13-16,19-22H,10-12,17-18H2,1-9H3/p+1. The fourth-order valence-corrected chi connectivity index (χ4v) is 7.11. The molecule has 228 valence electrons. The summed E-state index contributed by atoms with van der Waals surface area (Å²) in [6.07, 6.45) is 11.9. The van der Waals surface area contributed by atoms with Gasteiger partial charge >= 0.3 is 0 Å². The van der Waals surface area contributed by atoms with Gasteiger partial charge in [-0.05, 0) is 99.6 Å². The predicted octanol–water partition coefficient (Wildman–Crippen LogP) is 8.79. The molecule has 0 bridgehead atoms. The van der Waals surface area contributed by atoms with Gasteiger partial charge in [-0.15, -0.1) is 0 Å². The molecule has 0 fully saturated rings. The lowest BCUT2D eigenvalue weighted by atomic mass is 9.80. The molecular formula is C37H46ClN2O3+. The van der Waals surface area contributed by atoms with Gasteiger partial charge in [0.25, 0.3) is 0 Å². The predicted molar refractivity (Wildman–Crippen MR) is 179 cm³/mol. The van der Waals surface area contributed by atoms with E-state index in [-0.39, 0.29) is 10.8 Å². The van der Waals surface area contributed by atoms with Gasteiger partial charge in [0.2, 0.25) is 5.69 Å². The number of hydrogen-bond donors (Lipinski definition) is 1. The van der Waals surface area contributed by atoms with Crippen molar-refractivity contribution in [3.05, 3.63) is 92.7 Å². The van der Waals surface area contributed by atoms with Crippen LogP contribution in [0, 0.1) is 13.8 Å². The Kier molecular flexibility index (Phi) is 8.70. The first kappa shape index (κ1) is 31.2. The van der Waals surface area contributed by atoms with Crippen LogP contribution in [-0.4, -0.2) is 44.8 Å². The second-order valence-electron chi connectivity index (χ2n) is 12.9. The monoisotopic (exact) mass is 601 g/mol. The summed E-state index contributed by atoms with van der Waals surface area (Å²) in [5, 5.41) is 4.55. The first-order valence-corrected chi connectivity index (χ1v) is 15.6. The van der Waals surface area contributed by atoms with E-state index in [0.29, 0.717) is 6.61 Å². The Morgan fingerprint density at radius 3 is 2.21 bits per heavy atom. The molecule has 1 N–H and O–H groups in total. The molecule has 6 heteroatoms. The number of aryl methyl sites for hydroxylation is 2. The van der Waals surface area contributed by atoms with Gasteiger partial charge in [-0.1, -0.05) is 37.6 Å². The third-order valence-corrected chi connectivity index (χ3v) is 9.89. The fourth-order valence-electron chi connectivity index (χ4n) is 6.80. The van der Waals surface area contributed by atoms with Gasteiger partial charge in [-0.25, -0.2) is 0 Å². The van der Waals surface area contributed by atoms with Crippen molar-refractivity contribution >= 4 is 28.7 Å². The normalized spacial score (nSPS) is 20.7. The van der Waals surface area contributed by atoms with Crippen molar-refractivity contribution in [1.29, 1.82) is 0 Å². The molecule has 5 rings (SSSR count). The maximum Gasteiger partial charge on any atom is 0.213 e. The summed E-state index contributed by atoms with van der Waals surface area (Å²) in [6, 6.07) is 8.52. The fraction of sp³-hybridized carbons (Fsp3) is 0.432. The number of rotatable bonds is 8. The van der Waals surface area contributed by atoms with Crippen LogP contribution in [0.5, 0.6) is 11.5 Å². The Hall–Kier alpha value is -3.28. The molecule has 2 aromatic rings. The number of benzene rings is 2. The molecule has 0 radical (unpaired) electrons. The Morgan fingerprint density at radius 1 is 0.860 bits per heavy atom. The minimum atomic E-state index is -0.195. The topological polar surface area (TPSA) is 42.7 Å². The molecule has 0 amide bonds. The Bertz CT molecular complexity index is 1600. The summed E-state index contributed by atoms with van der Waals surface area (Å²) < 4.78 is 19.1. The van der Waals surface area contributed by atoms with E-state index in [1.54, 1.807) is 21.3 Å². The van der Waals surface area contributed by atoms with E-state index in [0.717, 1.165) is 42.3 Å². The lowest BCUT2D eigenvalue weighted by molar-refractivity contribution is -0.442. The maximum absolute atomic E-state index is 7.12. The van der Waals surface area contributed by atoms with E-state index in [1.165, 1.54) is 56.2 Å². The van der Waals surface area contributed by atoms with E-state index in [2.05, 4.69) is 100 Å². The number of nitrogens with zero attached hydrogens (tertiary/aromatic N) is 1. The molecule has 5 nitrogen and oxygen atoms in total. The number of fused-ring (bicyclic) bond motifs is 2. The molecule has 2 heterocycles. The molecule has 0 unspecified atom stereocenters. The van der Waals surface area contributed by atoms with E-state index < -0.39 is 0 Å². The average Bonchev–Trinajstić information content (AvgIpc) is 3.36. The second kappa shape index (κ2) is 12.0. The summed E-state index contributed by atoms with van der Waals surface area (Å²) in [5.74, 6) is 1.78. The molecule has 0 atom stereocenters. The smallest absolute Gasteiger partial charge is 0.213 e. The van der Waals surface area contributed by atoms with Gasteiger partial charge in [-0.3, -0.25) is 0 Å². The molecule has 43 heavy (non-hydrogen) atoms. The average molecular weight is 602 g/mol. The van der Waals surface area contributed by atoms with Crippen molar-refractivity contribution in [2.45, 2.75) is 71.6 Å². The molecule has 3 aliphatic rings. The zero-order chi connectivity index (χ0) is 31.1. The summed E-state index contributed by atoms with van der Waals surface area (Å²) in [6.45, 7) is 14.8. The highest BCUT2D eigenvalue weighted by Gasteiger charge is 2.45. The number of hydrogen-bond acceptors (Lipinski definition) is 4. The highest BCUT2D eigenvalue weighted by molar-refractivity contribution is 6.32. The van der Waals surface area contributed by atoms with Crippen LogP contribution in [0.25, 0.3) is 0 Å². The lowest BCUT2D eigenvalue weighted by Gasteiger charge is -2.21. The highest BCUT2D eigenvalue weighted by atomic mass is 35.5. The van der Waals surface area contributed by atoms with Gasteiger partial charge in [0.15, 0.2) is 12.3 Å². The molecular weight excluding hydrogens is 556 g/mol. The molecule has 0 saturated heterocycles. The Balaban J connectivity index is 1.48. The van der Waals surface area contributed by atoms with Crippen molar-refractivity contribution < 1.29 is 18.8 Å². The van der Waals surface area contributed by atoms with Crippen molar-refractivity contribution in [2.75, 3.05) is 39.8 Å². The van der Waals surface area contributed by atoms with Crippen LogP contribution in [0.1, 0.15) is 69.2 Å². The minimum Gasteiger partial charge on any atom is -0.497 e. The lowest BCUT2D eigenvalue weighted by Crippen LogP contribution is -2.28. The molecule has 0 aromatic heterocycles. The Morgan fingerprint density at radius 2 is 1.53 bits per heavy atom. The van der Waals surface area contributed by atoms with Gasteiger partial charge in [0.05, 0.1) is 19.6 Å². The minimum absolute atomic E-state index is 0.161. The largest absolute Gasteiger partial charge is 0.497 e. The summed E-state index contributed by atoms with van der Waals surface area (Å²) >= 11 is 7.12. The molecule has 1 aliphatic carbocycles. The first-order chi connectivity index (χ1) is 20.4. The van der Waals surface area contributed by atoms with Crippen LogP contribution >= 0.6 is 11.6 Å². The van der Waals surface area contributed by atoms with Crippen LogP contribution in [0.15, 0.2) is 70.4 Å². The second-order valence-corrected chi connectivity index (χ2v) is 13.3. The maximum atomic E-state index is 7.12. The van der Waals surface area contributed by atoms with Gasteiger partial charge < -0.3 is 19.5 Å². The van der Waals surface area contributed by atoms with E-state index in [1.807, 2.05) is 0 Å². The number of methoxy groups -OCH3 is 3.